The van der Waals surface area contributed by atoms with Crippen molar-refractivity contribution in [2.24, 2.45) is 0 Å². The molecule has 0 atom stereocenters. The quantitative estimate of drug-likeness (QED) is 0.187. The molecule has 51 heavy (non-hydrogen) atoms. The number of para-hydroxylation sites is 2. The maximum Gasteiger partial charge on any atom is 0.235 e. The number of hydrogen-bond donors (Lipinski definition) is 0. The fraction of sp³-hybridized carbons (Fsp3) is 0. The third-order valence-corrected chi connectivity index (χ3v) is 11.3. The van der Waals surface area contributed by atoms with E-state index in [2.05, 4.69) is 173 Å². The minimum atomic E-state index is 0.688. The van der Waals surface area contributed by atoms with Crippen LogP contribution < -0.4 is 0 Å². The first-order valence-electron chi connectivity index (χ1n) is 17.2. The van der Waals surface area contributed by atoms with E-state index in [1.807, 2.05) is 6.20 Å². The van der Waals surface area contributed by atoms with Gasteiger partial charge in [0.2, 0.25) is 5.95 Å². The summed E-state index contributed by atoms with van der Waals surface area (Å²) >= 11 is 1.74. The maximum absolute atomic E-state index is 5.21. The molecule has 0 radical (unpaired) electrons. The molecule has 0 bridgehead atoms. The lowest BCUT2D eigenvalue weighted by atomic mass is 10.0. The maximum atomic E-state index is 5.21. The third-order valence-electron chi connectivity index (χ3n) is 10.2. The van der Waals surface area contributed by atoms with Gasteiger partial charge in [-0.05, 0) is 64.7 Å². The summed E-state index contributed by atoms with van der Waals surface area (Å²) in [6.07, 6.45) is 1.98. The number of hydrogen-bond acceptors (Lipinski definition) is 3. The fourth-order valence-corrected chi connectivity index (χ4v) is 8.92. The summed E-state index contributed by atoms with van der Waals surface area (Å²) in [5, 5.41) is 6.03. The molecule has 5 heteroatoms. The molecule has 7 aromatic carbocycles. The molecule has 4 nitrogen and oxygen atoms in total. The number of rotatable bonds is 4. The summed E-state index contributed by atoms with van der Waals surface area (Å²) in [7, 11) is 0. The molecule has 4 aromatic heterocycles. The Morgan fingerprint density at radius 3 is 1.57 bits per heavy atom. The van der Waals surface area contributed by atoms with Crippen molar-refractivity contribution in [3.63, 3.8) is 0 Å². The first kappa shape index (κ1) is 28.3. The highest BCUT2D eigenvalue weighted by molar-refractivity contribution is 7.25. The molecule has 0 aliphatic carbocycles. The minimum absolute atomic E-state index is 0.688. The molecule has 0 spiro atoms. The van der Waals surface area contributed by atoms with E-state index >= 15 is 0 Å². The predicted molar refractivity (Wildman–Crippen MR) is 214 cm³/mol. The normalized spacial score (nSPS) is 11.9. The molecule has 238 valence electrons. The highest BCUT2D eigenvalue weighted by Crippen LogP contribution is 2.42. The summed E-state index contributed by atoms with van der Waals surface area (Å²) in [6, 6.07) is 58.7. The van der Waals surface area contributed by atoms with Gasteiger partial charge in [0.15, 0.2) is 0 Å². The van der Waals surface area contributed by atoms with Crippen molar-refractivity contribution >= 4 is 75.3 Å². The molecule has 11 aromatic rings. The molecule has 0 aliphatic rings. The van der Waals surface area contributed by atoms with Crippen LogP contribution in [0.2, 0.25) is 0 Å². The molecule has 0 unspecified atom stereocenters. The first-order chi connectivity index (χ1) is 25.3. The third kappa shape index (κ3) is 4.25. The Labute approximate surface area is 297 Å². The molecule has 0 fully saturated rings. The summed E-state index contributed by atoms with van der Waals surface area (Å²) in [5.41, 5.74) is 11.5. The number of benzene rings is 7. The van der Waals surface area contributed by atoms with Crippen molar-refractivity contribution < 1.29 is 0 Å². The average Bonchev–Trinajstić information content (AvgIpc) is 3.86. The molecule has 0 N–H and O–H groups in total. The van der Waals surface area contributed by atoms with E-state index in [9.17, 15) is 0 Å². The van der Waals surface area contributed by atoms with Crippen LogP contribution in [0.25, 0.3) is 97.8 Å². The smallest absolute Gasteiger partial charge is 0.235 e. The van der Waals surface area contributed by atoms with Crippen LogP contribution in [-0.2, 0) is 0 Å². The zero-order valence-electron chi connectivity index (χ0n) is 27.4. The van der Waals surface area contributed by atoms with Gasteiger partial charge >= 0.3 is 0 Å². The molecule has 11 rings (SSSR count). The Morgan fingerprint density at radius 2 is 0.902 bits per heavy atom. The van der Waals surface area contributed by atoms with Crippen LogP contribution in [0.15, 0.2) is 170 Å². The van der Waals surface area contributed by atoms with Crippen molar-refractivity contribution in [2.45, 2.75) is 0 Å². The van der Waals surface area contributed by atoms with Gasteiger partial charge in [-0.15, -0.1) is 11.3 Å². The molecule has 4 heterocycles. The molecule has 0 saturated carbocycles. The Kier molecular flexibility index (Phi) is 6.09. The molecule has 0 aliphatic heterocycles. The van der Waals surface area contributed by atoms with Crippen LogP contribution in [-0.4, -0.2) is 19.1 Å². The Bertz CT molecular complexity index is 3110. The van der Waals surface area contributed by atoms with Crippen molar-refractivity contribution in [1.82, 2.24) is 19.1 Å². The van der Waals surface area contributed by atoms with E-state index in [1.165, 1.54) is 64.9 Å². The van der Waals surface area contributed by atoms with Crippen LogP contribution in [0.4, 0.5) is 0 Å². The second-order valence-corrected chi connectivity index (χ2v) is 14.1. The topological polar surface area (TPSA) is 35.6 Å². The van der Waals surface area contributed by atoms with Gasteiger partial charge in [-0.1, -0.05) is 121 Å². The molecular formula is C46H28N4S. The van der Waals surface area contributed by atoms with Crippen LogP contribution in [0.5, 0.6) is 0 Å². The summed E-state index contributed by atoms with van der Waals surface area (Å²) in [5.74, 6) is 0.688. The zero-order valence-corrected chi connectivity index (χ0v) is 28.2. The highest BCUT2D eigenvalue weighted by Gasteiger charge is 2.21. The van der Waals surface area contributed by atoms with Gasteiger partial charge in [-0.25, -0.2) is 9.97 Å². The number of nitrogens with zero attached hydrogens (tertiary/aromatic N) is 4. The van der Waals surface area contributed by atoms with E-state index in [-0.39, 0.29) is 0 Å². The summed E-state index contributed by atoms with van der Waals surface area (Å²) in [4.78, 5) is 10.2. The number of thiophene rings is 1. The van der Waals surface area contributed by atoms with Gasteiger partial charge in [0.1, 0.15) is 0 Å². The zero-order chi connectivity index (χ0) is 33.5. The summed E-state index contributed by atoms with van der Waals surface area (Å²) in [6.45, 7) is 0. The lowest BCUT2D eigenvalue weighted by Crippen LogP contribution is -2.00. The second-order valence-electron chi connectivity index (χ2n) is 13.0. The monoisotopic (exact) mass is 668 g/mol. The molecule has 0 saturated heterocycles. The van der Waals surface area contributed by atoms with Gasteiger partial charge in [-0.2, -0.15) is 0 Å². The Morgan fingerprint density at radius 1 is 0.392 bits per heavy atom. The van der Waals surface area contributed by atoms with Gasteiger partial charge in [0.25, 0.3) is 0 Å². The second kappa shape index (κ2) is 11.0. The van der Waals surface area contributed by atoms with Gasteiger partial charge in [0, 0.05) is 37.3 Å². The first-order valence-corrected chi connectivity index (χ1v) is 18.0. The predicted octanol–water partition coefficient (Wildman–Crippen LogP) is 12.4. The lowest BCUT2D eigenvalue weighted by Gasteiger charge is -2.10. The summed E-state index contributed by atoms with van der Waals surface area (Å²) < 4.78 is 6.96. The van der Waals surface area contributed by atoms with Crippen molar-refractivity contribution in [3.8, 4) is 33.9 Å². The molecular weight excluding hydrogens is 641 g/mol. The Hall–Kier alpha value is -6.56. The van der Waals surface area contributed by atoms with Gasteiger partial charge < -0.3 is 4.57 Å². The van der Waals surface area contributed by atoms with Crippen molar-refractivity contribution in [2.75, 3.05) is 0 Å². The van der Waals surface area contributed by atoms with E-state index in [1.54, 1.807) is 11.3 Å². The van der Waals surface area contributed by atoms with Crippen LogP contribution in [0.3, 0.4) is 0 Å². The van der Waals surface area contributed by atoms with E-state index in [4.69, 9.17) is 9.97 Å². The van der Waals surface area contributed by atoms with Crippen molar-refractivity contribution in [1.29, 1.82) is 0 Å². The lowest BCUT2D eigenvalue weighted by molar-refractivity contribution is 1.01. The van der Waals surface area contributed by atoms with Crippen LogP contribution in [0, 0.1) is 0 Å². The molecule has 0 amide bonds. The van der Waals surface area contributed by atoms with E-state index in [0.29, 0.717) is 5.95 Å². The fourth-order valence-electron chi connectivity index (χ4n) is 7.91. The SMILES string of the molecule is c1ccc(-c2ccc(-c3ccc(-n4c5ccccc5c5c6c7ccccc7n(-c7ncc8sc9ccccc9c8n7)c6ccc54)cc3)cc2)cc1. The van der Waals surface area contributed by atoms with Crippen molar-refractivity contribution in [3.05, 3.63) is 170 Å². The minimum Gasteiger partial charge on any atom is -0.309 e. The average molecular weight is 669 g/mol. The number of aromatic nitrogens is 4. The largest absolute Gasteiger partial charge is 0.309 e. The van der Waals surface area contributed by atoms with E-state index < -0.39 is 0 Å². The standard InChI is InChI=1S/C46H28N4S/c1-2-10-29(11-3-1)30-18-20-31(21-19-30)32-22-24-33(25-23-32)49-37-15-7-4-12-34(37)43-39(49)26-27-40-44(43)35-13-5-8-16-38(35)50(40)46-47-28-42-45(48-46)36-14-6-9-17-41(36)51-42/h1-28H. The highest BCUT2D eigenvalue weighted by atomic mass is 32.1. The van der Waals surface area contributed by atoms with Gasteiger partial charge in [-0.3, -0.25) is 4.57 Å². The van der Waals surface area contributed by atoms with Crippen LogP contribution in [0.1, 0.15) is 0 Å². The number of fused-ring (bicyclic) bond motifs is 10. The Balaban J connectivity index is 1.09. The van der Waals surface area contributed by atoms with Crippen LogP contribution >= 0.6 is 11.3 Å². The van der Waals surface area contributed by atoms with E-state index in [0.717, 1.165) is 26.9 Å². The van der Waals surface area contributed by atoms with Gasteiger partial charge in [0.05, 0.1) is 38.5 Å².